The molecule has 2 aromatic carbocycles. The van der Waals surface area contributed by atoms with Crippen molar-refractivity contribution in [2.24, 2.45) is 0 Å². The second kappa shape index (κ2) is 6.97. The molecule has 0 amide bonds. The minimum Gasteiger partial charge on any atom is -0.297 e. The van der Waals surface area contributed by atoms with Gasteiger partial charge in [0.1, 0.15) is 0 Å². The molecule has 1 atom stereocenters. The molecule has 1 unspecified atom stereocenters. The van der Waals surface area contributed by atoms with Crippen LogP contribution in [0.3, 0.4) is 0 Å². The molecule has 1 saturated heterocycles. The Morgan fingerprint density at radius 3 is 2.46 bits per heavy atom. The molecule has 1 aliphatic heterocycles. The lowest BCUT2D eigenvalue weighted by atomic mass is 10.0. The lowest BCUT2D eigenvalue weighted by Crippen LogP contribution is -2.51. The highest BCUT2D eigenvalue weighted by Crippen LogP contribution is 2.37. The van der Waals surface area contributed by atoms with Crippen LogP contribution < -0.4 is 0 Å². The third-order valence-electron chi connectivity index (χ3n) is 5.35. The van der Waals surface area contributed by atoms with Gasteiger partial charge in [0, 0.05) is 30.7 Å². The van der Waals surface area contributed by atoms with E-state index in [0.29, 0.717) is 22.5 Å². The first-order chi connectivity index (χ1) is 12.5. The number of hydrogen-bond acceptors (Lipinski definition) is 3. The largest absolute Gasteiger partial charge is 0.297 e. The standard InChI is InChI=1S/C20H23ClN2O2S/c1-15-7-8-17(21)13-20(15)26(24,25)23-12-11-22(18-9-10-18)14-19(23)16-5-3-2-4-6-16/h2-8,13,18-19H,9-12,14H2,1H3. The first kappa shape index (κ1) is 18.0. The van der Waals surface area contributed by atoms with Crippen LogP contribution in [0.2, 0.25) is 5.02 Å². The Morgan fingerprint density at radius 1 is 1.04 bits per heavy atom. The van der Waals surface area contributed by atoms with Crippen LogP contribution in [0.1, 0.15) is 30.0 Å². The van der Waals surface area contributed by atoms with Crippen molar-refractivity contribution < 1.29 is 8.42 Å². The van der Waals surface area contributed by atoms with E-state index in [1.54, 1.807) is 22.5 Å². The van der Waals surface area contributed by atoms with Crippen molar-refractivity contribution in [3.63, 3.8) is 0 Å². The van der Waals surface area contributed by atoms with Crippen LogP contribution in [-0.4, -0.2) is 43.3 Å². The van der Waals surface area contributed by atoms with E-state index in [2.05, 4.69) is 4.90 Å². The van der Waals surface area contributed by atoms with Crippen molar-refractivity contribution in [3.8, 4) is 0 Å². The molecule has 2 aromatic rings. The number of sulfonamides is 1. The van der Waals surface area contributed by atoms with Gasteiger partial charge in [-0.05, 0) is 43.0 Å². The van der Waals surface area contributed by atoms with Crippen LogP contribution in [0, 0.1) is 6.92 Å². The van der Waals surface area contributed by atoms with Gasteiger partial charge in [-0.1, -0.05) is 48.0 Å². The summed E-state index contributed by atoms with van der Waals surface area (Å²) in [7, 11) is -3.62. The highest BCUT2D eigenvalue weighted by molar-refractivity contribution is 7.89. The Kier molecular flexibility index (Phi) is 4.82. The molecule has 1 heterocycles. The molecule has 4 rings (SSSR count). The molecule has 0 radical (unpaired) electrons. The second-order valence-corrected chi connectivity index (χ2v) is 9.47. The number of nitrogens with zero attached hydrogens (tertiary/aromatic N) is 2. The predicted molar refractivity (Wildman–Crippen MR) is 104 cm³/mol. The van der Waals surface area contributed by atoms with Crippen molar-refractivity contribution >= 4 is 21.6 Å². The molecule has 6 heteroatoms. The van der Waals surface area contributed by atoms with E-state index in [4.69, 9.17) is 11.6 Å². The monoisotopic (exact) mass is 390 g/mol. The van der Waals surface area contributed by atoms with Gasteiger partial charge in [0.2, 0.25) is 10.0 Å². The first-order valence-electron chi connectivity index (χ1n) is 9.04. The molecule has 26 heavy (non-hydrogen) atoms. The summed E-state index contributed by atoms with van der Waals surface area (Å²) in [6.45, 7) is 3.85. The van der Waals surface area contributed by atoms with E-state index in [-0.39, 0.29) is 6.04 Å². The summed E-state index contributed by atoms with van der Waals surface area (Å²) in [5, 5.41) is 0.446. The first-order valence-corrected chi connectivity index (χ1v) is 10.9. The quantitative estimate of drug-likeness (QED) is 0.795. The molecule has 0 aromatic heterocycles. The number of aryl methyl sites for hydroxylation is 1. The molecule has 138 valence electrons. The molecule has 4 nitrogen and oxygen atoms in total. The summed E-state index contributed by atoms with van der Waals surface area (Å²) < 4.78 is 28.6. The molecule has 0 bridgehead atoms. The summed E-state index contributed by atoms with van der Waals surface area (Å²) in [6.07, 6.45) is 2.45. The summed E-state index contributed by atoms with van der Waals surface area (Å²) in [5.74, 6) is 0. The van der Waals surface area contributed by atoms with E-state index < -0.39 is 10.0 Å². The van der Waals surface area contributed by atoms with Crippen LogP contribution in [0.4, 0.5) is 0 Å². The topological polar surface area (TPSA) is 40.6 Å². The zero-order valence-corrected chi connectivity index (χ0v) is 16.4. The van der Waals surface area contributed by atoms with Crippen LogP contribution in [0.5, 0.6) is 0 Å². The minimum atomic E-state index is -3.62. The molecule has 0 N–H and O–H groups in total. The fourth-order valence-corrected chi connectivity index (χ4v) is 5.86. The van der Waals surface area contributed by atoms with Gasteiger partial charge in [0.15, 0.2) is 0 Å². The van der Waals surface area contributed by atoms with Crippen molar-refractivity contribution in [2.75, 3.05) is 19.6 Å². The lowest BCUT2D eigenvalue weighted by molar-refractivity contribution is 0.128. The maximum Gasteiger partial charge on any atom is 0.244 e. The van der Waals surface area contributed by atoms with E-state index in [1.807, 2.05) is 37.3 Å². The van der Waals surface area contributed by atoms with Gasteiger partial charge in [-0.2, -0.15) is 4.31 Å². The SMILES string of the molecule is Cc1ccc(Cl)cc1S(=O)(=O)N1CCN(C2CC2)CC1c1ccccc1. The Hall–Kier alpha value is -1.40. The van der Waals surface area contributed by atoms with E-state index >= 15 is 0 Å². The summed E-state index contributed by atoms with van der Waals surface area (Å²) in [5.41, 5.74) is 1.77. The van der Waals surface area contributed by atoms with Crippen molar-refractivity contribution in [3.05, 3.63) is 64.7 Å². The molecule has 1 aliphatic carbocycles. The number of halogens is 1. The third-order valence-corrected chi connectivity index (χ3v) is 7.63. The lowest BCUT2D eigenvalue weighted by Gasteiger charge is -2.41. The van der Waals surface area contributed by atoms with Gasteiger partial charge < -0.3 is 0 Å². The van der Waals surface area contributed by atoms with Crippen molar-refractivity contribution in [2.45, 2.75) is 36.7 Å². The average Bonchev–Trinajstić information content (AvgIpc) is 3.49. The maximum absolute atomic E-state index is 13.5. The zero-order chi connectivity index (χ0) is 18.3. The molecule has 2 fully saturated rings. The average molecular weight is 391 g/mol. The number of rotatable bonds is 4. The van der Waals surface area contributed by atoms with Gasteiger partial charge in [-0.3, -0.25) is 4.90 Å². The Labute approximate surface area is 160 Å². The summed E-state index contributed by atoms with van der Waals surface area (Å²) in [6, 6.07) is 15.5. The van der Waals surface area contributed by atoms with E-state index in [9.17, 15) is 8.42 Å². The van der Waals surface area contributed by atoms with Gasteiger partial charge in [0.05, 0.1) is 10.9 Å². The number of piperazine rings is 1. The van der Waals surface area contributed by atoms with Gasteiger partial charge in [-0.15, -0.1) is 0 Å². The van der Waals surface area contributed by atoms with Crippen LogP contribution in [-0.2, 0) is 10.0 Å². The van der Waals surface area contributed by atoms with Crippen LogP contribution in [0.25, 0.3) is 0 Å². The van der Waals surface area contributed by atoms with Crippen LogP contribution in [0.15, 0.2) is 53.4 Å². The third kappa shape index (κ3) is 3.41. The molecular weight excluding hydrogens is 368 g/mol. The van der Waals surface area contributed by atoms with E-state index in [1.165, 1.54) is 12.8 Å². The Bertz CT molecular complexity index is 897. The van der Waals surface area contributed by atoms with Gasteiger partial charge in [0.25, 0.3) is 0 Å². The van der Waals surface area contributed by atoms with E-state index in [0.717, 1.165) is 24.2 Å². The maximum atomic E-state index is 13.5. The number of benzene rings is 2. The van der Waals surface area contributed by atoms with Crippen molar-refractivity contribution in [1.82, 2.24) is 9.21 Å². The summed E-state index contributed by atoms with van der Waals surface area (Å²) in [4.78, 5) is 2.75. The van der Waals surface area contributed by atoms with Crippen molar-refractivity contribution in [1.29, 1.82) is 0 Å². The fourth-order valence-electron chi connectivity index (χ4n) is 3.77. The molecule has 2 aliphatic rings. The highest BCUT2D eigenvalue weighted by atomic mass is 35.5. The Balaban J connectivity index is 1.73. The normalized spacial score (nSPS) is 22.5. The smallest absolute Gasteiger partial charge is 0.244 e. The second-order valence-electron chi connectivity index (χ2n) is 7.18. The minimum absolute atomic E-state index is 0.172. The zero-order valence-electron chi connectivity index (χ0n) is 14.8. The van der Waals surface area contributed by atoms with Gasteiger partial charge in [-0.25, -0.2) is 8.42 Å². The van der Waals surface area contributed by atoms with Crippen LogP contribution >= 0.6 is 11.6 Å². The predicted octanol–water partition coefficient (Wildman–Crippen LogP) is 3.86. The highest BCUT2D eigenvalue weighted by Gasteiger charge is 2.41. The fraction of sp³-hybridized carbons (Fsp3) is 0.400. The molecule has 0 spiro atoms. The molecular formula is C20H23ClN2O2S. The van der Waals surface area contributed by atoms with Gasteiger partial charge >= 0.3 is 0 Å². The summed E-state index contributed by atoms with van der Waals surface area (Å²) >= 11 is 6.10. The Morgan fingerprint density at radius 2 is 1.77 bits per heavy atom. The molecule has 1 saturated carbocycles. The number of hydrogen-bond donors (Lipinski definition) is 0.